The molecule has 0 saturated carbocycles. The van der Waals surface area contributed by atoms with E-state index >= 15 is 0 Å². The molecule has 0 aromatic heterocycles. The van der Waals surface area contributed by atoms with Crippen LogP contribution in [-0.2, 0) is 0 Å². The molecule has 18 heavy (non-hydrogen) atoms. The van der Waals surface area contributed by atoms with Crippen LogP contribution in [0, 0.1) is 6.92 Å². The zero-order chi connectivity index (χ0) is 12.4. The summed E-state index contributed by atoms with van der Waals surface area (Å²) < 4.78 is 0. The minimum absolute atomic E-state index is 0. The highest BCUT2D eigenvalue weighted by Crippen LogP contribution is 2.24. The third kappa shape index (κ3) is 2.79. The van der Waals surface area contributed by atoms with Gasteiger partial charge >= 0.3 is 0 Å². The molecule has 1 aliphatic heterocycles. The second kappa shape index (κ2) is 6.41. The van der Waals surface area contributed by atoms with E-state index in [1.54, 1.807) is 6.07 Å². The van der Waals surface area contributed by atoms with Crippen molar-refractivity contribution in [1.29, 1.82) is 0 Å². The van der Waals surface area contributed by atoms with Crippen molar-refractivity contribution >= 4 is 29.9 Å². The Bertz CT molecular complexity index is 437. The number of likely N-dealkylation sites (tertiary alicyclic amines) is 1. The minimum atomic E-state index is 0. The zero-order valence-electron chi connectivity index (χ0n) is 10.4. The van der Waals surface area contributed by atoms with E-state index in [2.05, 4.69) is 0 Å². The quantitative estimate of drug-likeness (QED) is 0.909. The first-order valence-corrected chi connectivity index (χ1v) is 6.29. The Morgan fingerprint density at radius 3 is 2.94 bits per heavy atom. The average Bonchev–Trinajstić information content (AvgIpc) is 2.80. The Kier molecular flexibility index (Phi) is 5.45. The molecule has 2 N–H and O–H groups in total. The lowest BCUT2D eigenvalue weighted by molar-refractivity contribution is 0.0740. The molecule has 0 aliphatic carbocycles. The highest BCUT2D eigenvalue weighted by atomic mass is 35.5. The molecule has 100 valence electrons. The van der Waals surface area contributed by atoms with Crippen LogP contribution in [0.15, 0.2) is 18.2 Å². The van der Waals surface area contributed by atoms with Gasteiger partial charge < -0.3 is 10.6 Å². The number of carbonyl (C=O) groups is 1. The van der Waals surface area contributed by atoms with Gasteiger partial charge in [-0.25, -0.2) is 0 Å². The van der Waals surface area contributed by atoms with Gasteiger partial charge in [0.1, 0.15) is 0 Å². The third-order valence-electron chi connectivity index (χ3n) is 3.41. The van der Waals surface area contributed by atoms with Crippen molar-refractivity contribution in [2.75, 3.05) is 13.1 Å². The van der Waals surface area contributed by atoms with E-state index in [0.717, 1.165) is 24.9 Å². The summed E-state index contributed by atoms with van der Waals surface area (Å²) in [5.41, 5.74) is 7.23. The number of benzene rings is 1. The number of nitrogens with two attached hydrogens (primary N) is 1. The molecule has 1 atom stereocenters. The largest absolute Gasteiger partial charge is 0.334 e. The van der Waals surface area contributed by atoms with Gasteiger partial charge in [0.2, 0.25) is 0 Å². The van der Waals surface area contributed by atoms with Crippen molar-refractivity contribution in [2.45, 2.75) is 25.8 Å². The maximum absolute atomic E-state index is 12.4. The maximum Gasteiger partial charge on any atom is 0.254 e. The molecule has 1 aromatic rings. The Morgan fingerprint density at radius 1 is 1.56 bits per heavy atom. The summed E-state index contributed by atoms with van der Waals surface area (Å²) >= 11 is 6.04. The summed E-state index contributed by atoms with van der Waals surface area (Å²) in [5.74, 6) is 0.0537. The number of amides is 1. The van der Waals surface area contributed by atoms with Crippen LogP contribution in [-0.4, -0.2) is 29.9 Å². The van der Waals surface area contributed by atoms with Gasteiger partial charge in [-0.2, -0.15) is 0 Å². The molecule has 1 saturated heterocycles. The van der Waals surface area contributed by atoms with Crippen LogP contribution in [0.3, 0.4) is 0 Å². The SMILES string of the molecule is Cc1c(Cl)cccc1C(=O)N1CCCC1CN.Cl. The van der Waals surface area contributed by atoms with Crippen LogP contribution < -0.4 is 5.73 Å². The first-order valence-electron chi connectivity index (χ1n) is 5.91. The van der Waals surface area contributed by atoms with E-state index in [0.29, 0.717) is 17.1 Å². The maximum atomic E-state index is 12.4. The number of rotatable bonds is 2. The fraction of sp³-hybridized carbons (Fsp3) is 0.462. The van der Waals surface area contributed by atoms with Crippen molar-refractivity contribution in [1.82, 2.24) is 4.90 Å². The van der Waals surface area contributed by atoms with Crippen LogP contribution >= 0.6 is 24.0 Å². The summed E-state index contributed by atoms with van der Waals surface area (Å²) in [6.07, 6.45) is 2.04. The number of halogens is 2. The van der Waals surface area contributed by atoms with Crippen LogP contribution in [0.5, 0.6) is 0 Å². The number of nitrogens with zero attached hydrogens (tertiary/aromatic N) is 1. The predicted molar refractivity (Wildman–Crippen MR) is 76.5 cm³/mol. The fourth-order valence-corrected chi connectivity index (χ4v) is 2.52. The normalized spacial score (nSPS) is 18.6. The van der Waals surface area contributed by atoms with Gasteiger partial charge in [0.05, 0.1) is 0 Å². The Morgan fingerprint density at radius 2 is 2.28 bits per heavy atom. The molecule has 1 fully saturated rings. The third-order valence-corrected chi connectivity index (χ3v) is 3.82. The van der Waals surface area contributed by atoms with Crippen LogP contribution in [0.1, 0.15) is 28.8 Å². The lowest BCUT2D eigenvalue weighted by atomic mass is 10.1. The molecular weight excluding hydrogens is 271 g/mol. The predicted octanol–water partition coefficient (Wildman–Crippen LogP) is 2.63. The lowest BCUT2D eigenvalue weighted by Crippen LogP contribution is -2.40. The highest BCUT2D eigenvalue weighted by Gasteiger charge is 2.29. The lowest BCUT2D eigenvalue weighted by Gasteiger charge is -2.24. The van der Waals surface area contributed by atoms with Crippen LogP contribution in [0.4, 0.5) is 0 Å². The van der Waals surface area contributed by atoms with E-state index < -0.39 is 0 Å². The highest BCUT2D eigenvalue weighted by molar-refractivity contribution is 6.31. The second-order valence-electron chi connectivity index (χ2n) is 4.44. The molecule has 5 heteroatoms. The molecule has 3 nitrogen and oxygen atoms in total. The van der Waals surface area contributed by atoms with E-state index in [-0.39, 0.29) is 24.4 Å². The topological polar surface area (TPSA) is 46.3 Å². The van der Waals surface area contributed by atoms with Crippen molar-refractivity contribution < 1.29 is 4.79 Å². The summed E-state index contributed by atoms with van der Waals surface area (Å²) in [6.45, 7) is 3.21. The first kappa shape index (κ1) is 15.3. The Balaban J connectivity index is 0.00000162. The van der Waals surface area contributed by atoms with E-state index in [4.69, 9.17) is 17.3 Å². The molecule has 1 aliphatic rings. The standard InChI is InChI=1S/C13H17ClN2O.ClH/c1-9-11(5-2-6-12(9)14)13(17)16-7-3-4-10(16)8-15;/h2,5-6,10H,3-4,7-8,15H2,1H3;1H. The summed E-state index contributed by atoms with van der Waals surface area (Å²) in [5, 5.41) is 0.638. The van der Waals surface area contributed by atoms with E-state index in [1.165, 1.54) is 0 Å². The first-order chi connectivity index (χ1) is 8.15. The van der Waals surface area contributed by atoms with Crippen molar-refractivity contribution in [3.63, 3.8) is 0 Å². The van der Waals surface area contributed by atoms with Crippen molar-refractivity contribution in [3.05, 3.63) is 34.3 Å². The van der Waals surface area contributed by atoms with Gasteiger partial charge in [0.25, 0.3) is 5.91 Å². The van der Waals surface area contributed by atoms with E-state index in [1.807, 2.05) is 24.0 Å². The van der Waals surface area contributed by atoms with Crippen molar-refractivity contribution in [3.8, 4) is 0 Å². The molecule has 0 bridgehead atoms. The summed E-state index contributed by atoms with van der Waals surface area (Å²) in [6, 6.07) is 5.63. The van der Waals surface area contributed by atoms with Gasteiger partial charge in [-0.15, -0.1) is 12.4 Å². The molecule has 2 rings (SSSR count). The molecular formula is C13H18Cl2N2O. The number of hydrogen-bond acceptors (Lipinski definition) is 2. The second-order valence-corrected chi connectivity index (χ2v) is 4.85. The average molecular weight is 289 g/mol. The van der Waals surface area contributed by atoms with Gasteiger partial charge in [-0.05, 0) is 37.5 Å². The molecule has 0 spiro atoms. The van der Waals surface area contributed by atoms with E-state index in [9.17, 15) is 4.79 Å². The number of carbonyl (C=O) groups excluding carboxylic acids is 1. The van der Waals surface area contributed by atoms with Crippen molar-refractivity contribution in [2.24, 2.45) is 5.73 Å². The molecule has 1 unspecified atom stereocenters. The monoisotopic (exact) mass is 288 g/mol. The van der Waals surface area contributed by atoms with Gasteiger partial charge in [-0.1, -0.05) is 17.7 Å². The Labute approximate surface area is 119 Å². The Hall–Kier alpha value is -0.770. The van der Waals surface area contributed by atoms with Crippen LogP contribution in [0.2, 0.25) is 5.02 Å². The smallest absolute Gasteiger partial charge is 0.254 e. The van der Waals surface area contributed by atoms with Gasteiger partial charge in [0.15, 0.2) is 0 Å². The van der Waals surface area contributed by atoms with Crippen LogP contribution in [0.25, 0.3) is 0 Å². The number of hydrogen-bond donors (Lipinski definition) is 1. The summed E-state index contributed by atoms with van der Waals surface area (Å²) in [4.78, 5) is 14.3. The fourth-order valence-electron chi connectivity index (χ4n) is 2.34. The molecule has 1 aromatic carbocycles. The minimum Gasteiger partial charge on any atom is -0.334 e. The molecule has 1 heterocycles. The van der Waals surface area contributed by atoms with Gasteiger partial charge in [-0.3, -0.25) is 4.79 Å². The molecule has 1 amide bonds. The summed E-state index contributed by atoms with van der Waals surface area (Å²) in [7, 11) is 0. The molecule has 0 radical (unpaired) electrons. The van der Waals surface area contributed by atoms with Gasteiger partial charge in [0, 0.05) is 29.7 Å². The zero-order valence-corrected chi connectivity index (χ0v) is 11.9.